The molecule has 1 saturated heterocycles. The Morgan fingerprint density at radius 2 is 1.86 bits per heavy atom. The van der Waals surface area contributed by atoms with Gasteiger partial charge in [0.2, 0.25) is 0 Å². The fourth-order valence-electron chi connectivity index (χ4n) is 4.41. The number of hydrogen-bond donors (Lipinski definition) is 3. The van der Waals surface area contributed by atoms with E-state index in [9.17, 15) is 4.39 Å². The van der Waals surface area contributed by atoms with Crippen LogP contribution in [-0.2, 0) is 0 Å². The van der Waals surface area contributed by atoms with Crippen LogP contribution in [0.25, 0.3) is 55.2 Å². The van der Waals surface area contributed by atoms with Gasteiger partial charge in [-0.1, -0.05) is 0 Å². The maximum atomic E-state index is 13.6. The van der Waals surface area contributed by atoms with Gasteiger partial charge in [0.15, 0.2) is 5.13 Å². The number of aromatic nitrogens is 7. The second kappa shape index (κ2) is 7.65. The molecule has 0 radical (unpaired) electrons. The summed E-state index contributed by atoms with van der Waals surface area (Å²) in [6.07, 6.45) is 6.92. The fraction of sp³-hybridized carbons (Fsp3) is 0.125. The highest BCUT2D eigenvalue weighted by Gasteiger charge is 2.25. The summed E-state index contributed by atoms with van der Waals surface area (Å²) in [4.78, 5) is 24.5. The van der Waals surface area contributed by atoms with Crippen molar-refractivity contribution in [1.29, 1.82) is 0 Å². The average Bonchev–Trinajstić information content (AvgIpc) is 3.59. The smallest absolute Gasteiger partial charge is 0.177 e. The van der Waals surface area contributed by atoms with Crippen LogP contribution in [0.4, 0.5) is 10.2 Å². The van der Waals surface area contributed by atoms with Crippen LogP contribution in [-0.4, -0.2) is 54.2 Å². The average molecular weight is 484 g/mol. The molecule has 9 nitrogen and oxygen atoms in total. The van der Waals surface area contributed by atoms with E-state index in [4.69, 9.17) is 10.7 Å². The van der Waals surface area contributed by atoms with Crippen molar-refractivity contribution in [1.82, 2.24) is 35.1 Å². The van der Waals surface area contributed by atoms with Gasteiger partial charge in [0.05, 0.1) is 46.1 Å². The third-order valence-corrected chi connectivity index (χ3v) is 7.06. The standard InChI is InChI=1S/C24H18FN9S/c25-21-2-1-20(35-21)24-13-6-17(30-15(13)3-4-28-24)23-14-5-16(29-8-18(14)32-33-23)19-7-27-9-22(31-19)34-10-12(26)11-34/h1-9,12,30H,10-11,26H2,(H,32,33). The molecule has 0 atom stereocenters. The topological polar surface area (TPSA) is 125 Å². The molecule has 0 spiro atoms. The Kier molecular flexibility index (Phi) is 4.41. The molecule has 11 heteroatoms. The van der Waals surface area contributed by atoms with Crippen LogP contribution in [0.5, 0.6) is 0 Å². The predicted octanol–water partition coefficient (Wildman–Crippen LogP) is 3.97. The largest absolute Gasteiger partial charge is 0.353 e. The molecule has 0 saturated carbocycles. The van der Waals surface area contributed by atoms with Gasteiger partial charge in [-0.15, -0.1) is 11.3 Å². The molecule has 0 bridgehead atoms. The van der Waals surface area contributed by atoms with E-state index < -0.39 is 0 Å². The molecule has 1 fully saturated rings. The molecular formula is C24H18FN9S. The Hall–Kier alpha value is -4.22. The van der Waals surface area contributed by atoms with Crippen molar-refractivity contribution < 1.29 is 4.39 Å². The minimum atomic E-state index is -0.239. The molecule has 0 amide bonds. The Bertz CT molecular complexity index is 1710. The summed E-state index contributed by atoms with van der Waals surface area (Å²) in [5, 5.41) is 9.17. The maximum Gasteiger partial charge on any atom is 0.177 e. The molecule has 6 aromatic heterocycles. The van der Waals surface area contributed by atoms with E-state index in [0.717, 1.165) is 74.0 Å². The van der Waals surface area contributed by atoms with E-state index in [1.165, 1.54) is 6.07 Å². The number of hydrogen-bond acceptors (Lipinski definition) is 8. The number of thiophene rings is 1. The van der Waals surface area contributed by atoms with Gasteiger partial charge in [-0.25, -0.2) is 4.98 Å². The molecular weight excluding hydrogens is 465 g/mol. The third kappa shape index (κ3) is 3.35. The lowest BCUT2D eigenvalue weighted by Crippen LogP contribution is -2.56. The van der Waals surface area contributed by atoms with E-state index in [1.807, 2.05) is 18.2 Å². The van der Waals surface area contributed by atoms with Crippen LogP contribution in [0.3, 0.4) is 0 Å². The van der Waals surface area contributed by atoms with Gasteiger partial charge in [0.1, 0.15) is 17.2 Å². The van der Waals surface area contributed by atoms with E-state index in [-0.39, 0.29) is 11.2 Å². The number of nitrogens with one attached hydrogen (secondary N) is 2. The van der Waals surface area contributed by atoms with Gasteiger partial charge in [-0.3, -0.25) is 20.1 Å². The Morgan fingerprint density at radius 1 is 0.971 bits per heavy atom. The summed E-state index contributed by atoms with van der Waals surface area (Å²) < 4.78 is 13.6. The predicted molar refractivity (Wildman–Crippen MR) is 133 cm³/mol. The van der Waals surface area contributed by atoms with Crippen LogP contribution < -0.4 is 10.6 Å². The van der Waals surface area contributed by atoms with Crippen LogP contribution in [0.2, 0.25) is 0 Å². The first kappa shape index (κ1) is 20.2. The number of pyridine rings is 2. The lowest BCUT2D eigenvalue weighted by Gasteiger charge is -2.37. The van der Waals surface area contributed by atoms with E-state index >= 15 is 0 Å². The first-order valence-electron chi connectivity index (χ1n) is 11.0. The lowest BCUT2D eigenvalue weighted by molar-refractivity contribution is 0.514. The molecule has 1 aliphatic heterocycles. The maximum absolute atomic E-state index is 13.6. The minimum Gasteiger partial charge on any atom is -0.353 e. The quantitative estimate of drug-likeness (QED) is 0.346. The number of nitrogens with two attached hydrogens (primary N) is 1. The first-order valence-corrected chi connectivity index (χ1v) is 11.8. The van der Waals surface area contributed by atoms with Crippen LogP contribution >= 0.6 is 11.3 Å². The van der Waals surface area contributed by atoms with Crippen molar-refractivity contribution in [3.63, 3.8) is 0 Å². The van der Waals surface area contributed by atoms with Crippen molar-refractivity contribution in [3.05, 3.63) is 60.3 Å². The van der Waals surface area contributed by atoms with Crippen molar-refractivity contribution in [2.45, 2.75) is 6.04 Å². The van der Waals surface area contributed by atoms with Gasteiger partial charge in [0, 0.05) is 41.6 Å². The minimum absolute atomic E-state index is 0.175. The molecule has 0 unspecified atom stereocenters. The Balaban J connectivity index is 1.31. The molecule has 0 aromatic carbocycles. The van der Waals surface area contributed by atoms with Gasteiger partial charge in [0.25, 0.3) is 0 Å². The summed E-state index contributed by atoms with van der Waals surface area (Å²) in [5.74, 6) is 0.791. The molecule has 1 aliphatic rings. The fourth-order valence-corrected chi connectivity index (χ4v) is 5.15. The molecule has 7 rings (SSSR count). The molecule has 172 valence electrons. The summed E-state index contributed by atoms with van der Waals surface area (Å²) in [6.45, 7) is 1.54. The molecule has 6 aromatic rings. The molecule has 0 aliphatic carbocycles. The van der Waals surface area contributed by atoms with Crippen molar-refractivity contribution in [2.75, 3.05) is 18.0 Å². The summed E-state index contributed by atoms with van der Waals surface area (Å²) >= 11 is 1.08. The molecule has 4 N–H and O–H groups in total. The zero-order valence-electron chi connectivity index (χ0n) is 18.2. The van der Waals surface area contributed by atoms with Crippen LogP contribution in [0.1, 0.15) is 0 Å². The number of anilines is 1. The van der Waals surface area contributed by atoms with Crippen molar-refractivity contribution >= 4 is 39.0 Å². The summed E-state index contributed by atoms with van der Waals surface area (Å²) in [6, 6.07) is 9.24. The zero-order chi connectivity index (χ0) is 23.5. The Morgan fingerprint density at radius 3 is 2.69 bits per heavy atom. The number of H-pyrrole nitrogens is 2. The highest BCUT2D eigenvalue weighted by molar-refractivity contribution is 7.13. The highest BCUT2D eigenvalue weighted by Crippen LogP contribution is 2.35. The number of halogens is 1. The van der Waals surface area contributed by atoms with E-state index in [1.54, 1.807) is 30.9 Å². The van der Waals surface area contributed by atoms with Crippen molar-refractivity contribution in [2.24, 2.45) is 5.73 Å². The van der Waals surface area contributed by atoms with Gasteiger partial charge >= 0.3 is 0 Å². The summed E-state index contributed by atoms with van der Waals surface area (Å²) in [7, 11) is 0. The van der Waals surface area contributed by atoms with Gasteiger partial charge < -0.3 is 15.6 Å². The van der Waals surface area contributed by atoms with Crippen molar-refractivity contribution in [3.8, 4) is 33.3 Å². The number of aromatic amines is 2. The molecule has 35 heavy (non-hydrogen) atoms. The van der Waals surface area contributed by atoms with Crippen LogP contribution in [0, 0.1) is 5.13 Å². The molecule has 7 heterocycles. The lowest BCUT2D eigenvalue weighted by atomic mass is 10.1. The Labute approximate surface area is 201 Å². The SMILES string of the molecule is NC1CN(c2cncc(-c3cc4c(-c5cc6c(-c7ccc(F)s7)nccc6[nH]5)n[nH]c4cn3)n2)C1. The third-order valence-electron chi connectivity index (χ3n) is 6.18. The number of rotatable bonds is 4. The van der Waals surface area contributed by atoms with Gasteiger partial charge in [-0.2, -0.15) is 9.49 Å². The second-order valence-corrected chi connectivity index (χ2v) is 9.56. The summed E-state index contributed by atoms with van der Waals surface area (Å²) in [5.41, 5.74) is 11.3. The normalized spacial score (nSPS) is 14.2. The number of fused-ring (bicyclic) bond motifs is 2. The monoisotopic (exact) mass is 483 g/mol. The highest BCUT2D eigenvalue weighted by atomic mass is 32.1. The van der Waals surface area contributed by atoms with Gasteiger partial charge in [-0.05, 0) is 30.3 Å². The van der Waals surface area contributed by atoms with Crippen LogP contribution in [0.15, 0.2) is 55.1 Å². The second-order valence-electron chi connectivity index (χ2n) is 8.52. The first-order chi connectivity index (χ1) is 17.1. The number of nitrogens with zero attached hydrogens (tertiary/aromatic N) is 6. The van der Waals surface area contributed by atoms with E-state index in [2.05, 4.69) is 35.0 Å². The zero-order valence-corrected chi connectivity index (χ0v) is 19.1. The van der Waals surface area contributed by atoms with E-state index in [0.29, 0.717) is 11.4 Å².